The molecule has 7 heteroatoms. The summed E-state index contributed by atoms with van der Waals surface area (Å²) >= 11 is 1.59. The van der Waals surface area contributed by atoms with E-state index < -0.39 is 5.92 Å². The fraction of sp³-hybridized carbons (Fsp3) is 0.520. The van der Waals surface area contributed by atoms with Crippen molar-refractivity contribution in [1.29, 1.82) is 0 Å². The number of carbonyl (C=O) groups is 2. The quantitative estimate of drug-likeness (QED) is 0.586. The van der Waals surface area contributed by atoms with Gasteiger partial charge in [0.1, 0.15) is 0 Å². The molecule has 0 bridgehead atoms. The van der Waals surface area contributed by atoms with E-state index in [0.29, 0.717) is 25.3 Å². The van der Waals surface area contributed by atoms with Crippen LogP contribution in [0.25, 0.3) is 0 Å². The van der Waals surface area contributed by atoms with Crippen LogP contribution in [0.1, 0.15) is 58.4 Å². The largest absolute Gasteiger partial charge is 0.383 e. The predicted molar refractivity (Wildman–Crippen MR) is 127 cm³/mol. The maximum atomic E-state index is 13.6. The van der Waals surface area contributed by atoms with E-state index in [1.807, 2.05) is 46.7 Å². The third-order valence-corrected chi connectivity index (χ3v) is 7.43. The SMILES string of the molecule is COCCN1C(=O)c2ccccc2[C@H](C(=O)NCCCN2CCCCC2)[C@H]1c1cccs1. The summed E-state index contributed by atoms with van der Waals surface area (Å²) in [6.45, 7) is 4.89. The number of thiophene rings is 1. The van der Waals surface area contributed by atoms with Gasteiger partial charge in [-0.15, -0.1) is 11.3 Å². The first kappa shape index (κ1) is 23.0. The Kier molecular flexibility index (Phi) is 7.95. The molecule has 0 unspecified atom stereocenters. The number of nitrogens with zero attached hydrogens (tertiary/aromatic N) is 2. The summed E-state index contributed by atoms with van der Waals surface area (Å²) in [5.74, 6) is -0.482. The van der Waals surface area contributed by atoms with E-state index in [0.717, 1.165) is 23.4 Å². The van der Waals surface area contributed by atoms with Crippen molar-refractivity contribution < 1.29 is 14.3 Å². The number of hydrogen-bond acceptors (Lipinski definition) is 5. The number of piperidine rings is 1. The van der Waals surface area contributed by atoms with Gasteiger partial charge in [0.15, 0.2) is 0 Å². The third kappa shape index (κ3) is 5.05. The van der Waals surface area contributed by atoms with Gasteiger partial charge in [-0.05, 0) is 62.0 Å². The molecule has 2 amide bonds. The highest BCUT2D eigenvalue weighted by atomic mass is 32.1. The lowest BCUT2D eigenvalue weighted by Gasteiger charge is -2.41. The second-order valence-electron chi connectivity index (χ2n) is 8.56. The molecule has 2 atom stereocenters. The minimum Gasteiger partial charge on any atom is -0.383 e. The van der Waals surface area contributed by atoms with E-state index in [1.54, 1.807) is 18.4 Å². The molecule has 1 N–H and O–H groups in total. The van der Waals surface area contributed by atoms with Gasteiger partial charge < -0.3 is 19.9 Å². The van der Waals surface area contributed by atoms with Gasteiger partial charge in [-0.3, -0.25) is 9.59 Å². The Bertz CT molecular complexity index is 896. The first-order chi connectivity index (χ1) is 15.7. The van der Waals surface area contributed by atoms with Crippen LogP contribution in [0, 0.1) is 0 Å². The molecule has 0 spiro atoms. The number of rotatable bonds is 9. The van der Waals surface area contributed by atoms with Crippen molar-refractivity contribution in [3.05, 3.63) is 57.8 Å². The Labute approximate surface area is 194 Å². The summed E-state index contributed by atoms with van der Waals surface area (Å²) in [5, 5.41) is 5.19. The number of methoxy groups -OCH3 is 1. The summed E-state index contributed by atoms with van der Waals surface area (Å²) in [4.78, 5) is 32.3. The molecule has 172 valence electrons. The van der Waals surface area contributed by atoms with Crippen molar-refractivity contribution in [1.82, 2.24) is 15.1 Å². The Hall–Kier alpha value is -2.22. The van der Waals surface area contributed by atoms with Crippen LogP contribution in [0.15, 0.2) is 41.8 Å². The van der Waals surface area contributed by atoms with Crippen LogP contribution >= 0.6 is 11.3 Å². The fourth-order valence-electron chi connectivity index (χ4n) is 4.89. The number of amides is 2. The molecule has 0 radical (unpaired) electrons. The molecule has 2 aromatic rings. The lowest BCUT2D eigenvalue weighted by atomic mass is 9.81. The van der Waals surface area contributed by atoms with Crippen LogP contribution in [0.2, 0.25) is 0 Å². The first-order valence-electron chi connectivity index (χ1n) is 11.6. The number of fused-ring (bicyclic) bond motifs is 1. The second kappa shape index (κ2) is 11.1. The van der Waals surface area contributed by atoms with E-state index in [2.05, 4.69) is 10.2 Å². The van der Waals surface area contributed by atoms with E-state index in [1.165, 1.54) is 32.4 Å². The number of hydrogen-bond donors (Lipinski definition) is 1. The monoisotopic (exact) mass is 455 g/mol. The van der Waals surface area contributed by atoms with Crippen molar-refractivity contribution in [3.63, 3.8) is 0 Å². The number of likely N-dealkylation sites (tertiary alicyclic amines) is 1. The molecule has 6 nitrogen and oxygen atoms in total. The van der Waals surface area contributed by atoms with Gasteiger partial charge in [0.25, 0.3) is 5.91 Å². The molecular weight excluding hydrogens is 422 g/mol. The lowest BCUT2D eigenvalue weighted by molar-refractivity contribution is -0.124. The number of nitrogens with one attached hydrogen (secondary N) is 1. The molecule has 3 heterocycles. The zero-order chi connectivity index (χ0) is 22.3. The summed E-state index contributed by atoms with van der Waals surface area (Å²) in [7, 11) is 1.63. The van der Waals surface area contributed by atoms with E-state index >= 15 is 0 Å². The molecule has 0 saturated carbocycles. The molecule has 2 aliphatic heterocycles. The lowest BCUT2D eigenvalue weighted by Crippen LogP contribution is -2.48. The van der Waals surface area contributed by atoms with E-state index in [4.69, 9.17) is 4.74 Å². The van der Waals surface area contributed by atoms with Crippen molar-refractivity contribution in [3.8, 4) is 0 Å². The Morgan fingerprint density at radius 1 is 1.12 bits per heavy atom. The van der Waals surface area contributed by atoms with Gasteiger partial charge in [-0.1, -0.05) is 30.7 Å². The number of benzene rings is 1. The average Bonchev–Trinajstić information content (AvgIpc) is 3.36. The maximum absolute atomic E-state index is 13.6. The minimum absolute atomic E-state index is 0.00980. The molecule has 1 aromatic carbocycles. The molecule has 0 aliphatic carbocycles. The topological polar surface area (TPSA) is 61.9 Å². The van der Waals surface area contributed by atoms with Gasteiger partial charge in [0.05, 0.1) is 18.6 Å². The molecule has 1 fully saturated rings. The highest BCUT2D eigenvalue weighted by molar-refractivity contribution is 7.10. The minimum atomic E-state index is -0.436. The van der Waals surface area contributed by atoms with Crippen LogP contribution in [0.5, 0.6) is 0 Å². The summed E-state index contributed by atoms with van der Waals surface area (Å²) in [5.41, 5.74) is 1.43. The van der Waals surface area contributed by atoms with Gasteiger partial charge >= 0.3 is 0 Å². The molecule has 1 aromatic heterocycles. The van der Waals surface area contributed by atoms with Gasteiger partial charge in [-0.25, -0.2) is 0 Å². The Morgan fingerprint density at radius 3 is 2.69 bits per heavy atom. The number of ether oxygens (including phenoxy) is 1. The molecule has 4 rings (SSSR count). The van der Waals surface area contributed by atoms with Gasteiger partial charge in [-0.2, -0.15) is 0 Å². The third-order valence-electron chi connectivity index (χ3n) is 6.49. The smallest absolute Gasteiger partial charge is 0.254 e. The average molecular weight is 456 g/mol. The van der Waals surface area contributed by atoms with Crippen LogP contribution in [-0.2, 0) is 9.53 Å². The zero-order valence-electron chi connectivity index (χ0n) is 18.8. The molecule has 1 saturated heterocycles. The van der Waals surface area contributed by atoms with Crippen LogP contribution in [0.4, 0.5) is 0 Å². The summed E-state index contributed by atoms with van der Waals surface area (Å²) < 4.78 is 5.28. The fourth-order valence-corrected chi connectivity index (χ4v) is 5.77. The number of carbonyl (C=O) groups excluding carboxylic acids is 2. The first-order valence-corrected chi connectivity index (χ1v) is 12.5. The van der Waals surface area contributed by atoms with Gasteiger partial charge in [0, 0.05) is 30.6 Å². The summed E-state index contributed by atoms with van der Waals surface area (Å²) in [6.07, 6.45) is 4.82. The van der Waals surface area contributed by atoms with E-state index in [-0.39, 0.29) is 17.9 Å². The Morgan fingerprint density at radius 2 is 1.94 bits per heavy atom. The van der Waals surface area contributed by atoms with E-state index in [9.17, 15) is 9.59 Å². The molecular formula is C25H33N3O3S. The molecule has 32 heavy (non-hydrogen) atoms. The van der Waals surface area contributed by atoms with Gasteiger partial charge in [0.2, 0.25) is 5.91 Å². The second-order valence-corrected chi connectivity index (χ2v) is 9.54. The highest BCUT2D eigenvalue weighted by Crippen LogP contribution is 2.44. The van der Waals surface area contributed by atoms with Crippen molar-refractivity contribution in [2.24, 2.45) is 0 Å². The van der Waals surface area contributed by atoms with Crippen molar-refractivity contribution >= 4 is 23.2 Å². The van der Waals surface area contributed by atoms with Crippen molar-refractivity contribution in [2.45, 2.75) is 37.6 Å². The predicted octanol–water partition coefficient (Wildman–Crippen LogP) is 3.67. The molecule has 2 aliphatic rings. The van der Waals surface area contributed by atoms with Crippen LogP contribution in [-0.4, -0.2) is 68.1 Å². The standard InChI is InChI=1S/C25H33N3O3S/c1-31-17-16-28-23(21-11-7-18-32-21)22(19-9-3-4-10-20(19)25(28)30)24(29)26-12-8-15-27-13-5-2-6-14-27/h3-4,7,9-11,18,22-23H,2,5-6,8,12-17H2,1H3,(H,26,29)/t22-,23+/m0/s1. The van der Waals surface area contributed by atoms with Crippen molar-refractivity contribution in [2.75, 3.05) is 46.4 Å². The maximum Gasteiger partial charge on any atom is 0.254 e. The summed E-state index contributed by atoms with van der Waals surface area (Å²) in [6, 6.07) is 11.2. The zero-order valence-corrected chi connectivity index (χ0v) is 19.6. The normalized spacial score (nSPS) is 21.4. The van der Waals surface area contributed by atoms with Crippen LogP contribution in [0.3, 0.4) is 0 Å². The van der Waals surface area contributed by atoms with Crippen LogP contribution < -0.4 is 5.32 Å². The Balaban J connectivity index is 1.54. The highest BCUT2D eigenvalue weighted by Gasteiger charge is 2.44.